The lowest BCUT2D eigenvalue weighted by molar-refractivity contribution is -0.121. The number of nitrogens with zero attached hydrogens (tertiary/aromatic N) is 3. The van der Waals surface area contributed by atoms with E-state index in [9.17, 15) is 17.8 Å². The zero-order chi connectivity index (χ0) is 17.5. The van der Waals surface area contributed by atoms with Crippen molar-refractivity contribution in [3.63, 3.8) is 0 Å². The SMILES string of the molecule is Cn1c(/C=C2/SC(=S)N(CCS(=O)(=O)[O-])C2=O)nc2ccccc21. The summed E-state index contributed by atoms with van der Waals surface area (Å²) in [5.74, 6) is -0.493. The van der Waals surface area contributed by atoms with Crippen LogP contribution in [-0.4, -0.2) is 49.9 Å². The molecule has 1 aliphatic heterocycles. The number of hydrogen-bond acceptors (Lipinski definition) is 7. The molecule has 0 radical (unpaired) electrons. The Labute approximate surface area is 148 Å². The van der Waals surface area contributed by atoms with Gasteiger partial charge in [-0.25, -0.2) is 13.4 Å². The molecule has 1 aromatic carbocycles. The Hall–Kier alpha value is -1.75. The first kappa shape index (κ1) is 17.1. The van der Waals surface area contributed by atoms with Crippen molar-refractivity contribution in [1.82, 2.24) is 14.5 Å². The van der Waals surface area contributed by atoms with E-state index in [-0.39, 0.29) is 10.9 Å². The zero-order valence-corrected chi connectivity index (χ0v) is 14.9. The molecule has 10 heteroatoms. The second-order valence-electron chi connectivity index (χ2n) is 5.11. The molecule has 0 N–H and O–H groups in total. The van der Waals surface area contributed by atoms with Gasteiger partial charge in [-0.2, -0.15) is 0 Å². The molecule has 0 bridgehead atoms. The maximum atomic E-state index is 12.4. The number of aryl methyl sites for hydroxylation is 1. The van der Waals surface area contributed by atoms with Crippen molar-refractivity contribution >= 4 is 61.4 Å². The first-order chi connectivity index (χ1) is 11.3. The zero-order valence-electron chi connectivity index (χ0n) is 12.5. The third-order valence-corrected chi connectivity index (χ3v) is 5.58. The van der Waals surface area contributed by atoms with E-state index in [1.54, 1.807) is 6.08 Å². The smallest absolute Gasteiger partial charge is 0.266 e. The predicted octanol–water partition coefficient (Wildman–Crippen LogP) is 1.32. The molecule has 3 rings (SSSR count). The van der Waals surface area contributed by atoms with E-state index in [1.807, 2.05) is 35.9 Å². The second kappa shape index (κ2) is 6.28. The normalized spacial score (nSPS) is 17.4. The Morgan fingerprint density at radius 2 is 2.08 bits per heavy atom. The van der Waals surface area contributed by atoms with Gasteiger partial charge in [-0.15, -0.1) is 0 Å². The summed E-state index contributed by atoms with van der Waals surface area (Å²) in [6, 6.07) is 7.57. The summed E-state index contributed by atoms with van der Waals surface area (Å²) in [7, 11) is -2.57. The number of hydrogen-bond donors (Lipinski definition) is 0. The van der Waals surface area contributed by atoms with E-state index in [0.717, 1.165) is 27.7 Å². The molecule has 1 aromatic heterocycles. The van der Waals surface area contributed by atoms with Crippen LogP contribution in [0.2, 0.25) is 0 Å². The second-order valence-corrected chi connectivity index (χ2v) is 8.31. The Bertz CT molecular complexity index is 978. The quantitative estimate of drug-likeness (QED) is 0.447. The van der Waals surface area contributed by atoms with Crippen molar-refractivity contribution in [2.75, 3.05) is 12.3 Å². The molecule has 1 fully saturated rings. The third kappa shape index (κ3) is 3.36. The number of carbonyl (C=O) groups is 1. The van der Waals surface area contributed by atoms with Gasteiger partial charge >= 0.3 is 0 Å². The van der Waals surface area contributed by atoms with Gasteiger partial charge in [-0.1, -0.05) is 36.1 Å². The Balaban J connectivity index is 1.89. The highest BCUT2D eigenvalue weighted by atomic mass is 32.2. The van der Waals surface area contributed by atoms with Gasteiger partial charge in [0.15, 0.2) is 0 Å². The number of para-hydroxylation sites is 2. The third-order valence-electron chi connectivity index (χ3n) is 3.52. The van der Waals surface area contributed by atoms with Crippen LogP contribution in [0.4, 0.5) is 0 Å². The van der Waals surface area contributed by atoms with Gasteiger partial charge in [0, 0.05) is 19.7 Å². The van der Waals surface area contributed by atoms with Gasteiger partial charge in [-0.3, -0.25) is 9.69 Å². The Kier molecular flexibility index (Phi) is 4.47. The molecule has 7 nitrogen and oxygen atoms in total. The number of benzene rings is 1. The first-order valence-electron chi connectivity index (χ1n) is 6.86. The molecular formula is C14H12N3O4S3-. The number of amides is 1. The summed E-state index contributed by atoms with van der Waals surface area (Å²) in [5.41, 5.74) is 1.73. The van der Waals surface area contributed by atoms with Gasteiger partial charge in [0.2, 0.25) is 0 Å². The highest BCUT2D eigenvalue weighted by molar-refractivity contribution is 8.26. The maximum absolute atomic E-state index is 12.4. The van der Waals surface area contributed by atoms with E-state index in [1.165, 1.54) is 0 Å². The monoisotopic (exact) mass is 382 g/mol. The molecule has 1 saturated heterocycles. The molecule has 0 atom stereocenters. The highest BCUT2D eigenvalue weighted by Gasteiger charge is 2.32. The molecule has 24 heavy (non-hydrogen) atoms. The number of thiocarbonyl (C=S) groups is 1. The molecule has 2 aromatic rings. The summed E-state index contributed by atoms with van der Waals surface area (Å²) >= 11 is 6.16. The molecular weight excluding hydrogens is 370 g/mol. The van der Waals surface area contributed by atoms with Crippen LogP contribution in [0.5, 0.6) is 0 Å². The van der Waals surface area contributed by atoms with E-state index in [0.29, 0.717) is 10.7 Å². The van der Waals surface area contributed by atoms with Gasteiger partial charge in [-0.05, 0) is 12.1 Å². The van der Waals surface area contributed by atoms with E-state index < -0.39 is 21.8 Å². The fourth-order valence-electron chi connectivity index (χ4n) is 2.31. The van der Waals surface area contributed by atoms with Crippen LogP contribution < -0.4 is 0 Å². The van der Waals surface area contributed by atoms with Crippen LogP contribution >= 0.6 is 24.0 Å². The maximum Gasteiger partial charge on any atom is 0.266 e. The molecule has 126 valence electrons. The summed E-state index contributed by atoms with van der Waals surface area (Å²) in [5, 5.41) is 0. The molecule has 0 saturated carbocycles. The molecule has 1 aliphatic rings. The molecule has 0 spiro atoms. The van der Waals surface area contributed by atoms with E-state index in [2.05, 4.69) is 4.98 Å². The van der Waals surface area contributed by atoms with Crippen LogP contribution in [0, 0.1) is 0 Å². The largest absolute Gasteiger partial charge is 0.748 e. The molecule has 2 heterocycles. The average Bonchev–Trinajstić information content (AvgIpc) is 2.95. The number of thioether (sulfide) groups is 1. The lowest BCUT2D eigenvalue weighted by atomic mass is 10.3. The van der Waals surface area contributed by atoms with Crippen LogP contribution in [0.1, 0.15) is 5.82 Å². The average molecular weight is 382 g/mol. The van der Waals surface area contributed by atoms with Crippen LogP contribution in [0.3, 0.4) is 0 Å². The minimum atomic E-state index is -4.41. The van der Waals surface area contributed by atoms with Gasteiger partial charge < -0.3 is 9.12 Å². The summed E-state index contributed by atoms with van der Waals surface area (Å²) in [6.07, 6.45) is 1.62. The van der Waals surface area contributed by atoms with Crippen molar-refractivity contribution in [2.45, 2.75) is 0 Å². The molecule has 0 unspecified atom stereocenters. The fourth-order valence-corrected chi connectivity index (χ4v) is 3.99. The fraction of sp³-hybridized carbons (Fsp3) is 0.214. The number of imidazole rings is 1. The highest BCUT2D eigenvalue weighted by Crippen LogP contribution is 2.32. The summed E-state index contributed by atoms with van der Waals surface area (Å²) in [4.78, 5) is 18.3. The number of fused-ring (bicyclic) bond motifs is 1. The topological polar surface area (TPSA) is 95.3 Å². The van der Waals surface area contributed by atoms with E-state index >= 15 is 0 Å². The minimum Gasteiger partial charge on any atom is -0.748 e. The Morgan fingerprint density at radius 3 is 2.75 bits per heavy atom. The van der Waals surface area contributed by atoms with Gasteiger partial charge in [0.05, 0.1) is 31.8 Å². The predicted molar refractivity (Wildman–Crippen MR) is 95.2 cm³/mol. The minimum absolute atomic E-state index is 0.230. The van der Waals surface area contributed by atoms with Crippen molar-refractivity contribution < 1.29 is 17.8 Å². The standard InChI is InChI=1S/C14H13N3O4S3/c1-16-10-5-3-2-4-9(10)15-12(16)8-11-13(18)17(14(22)23-11)6-7-24(19,20)21/h2-5,8H,6-7H2,1H3,(H,19,20,21)/p-1/b11-8+. The van der Waals surface area contributed by atoms with E-state index in [4.69, 9.17) is 12.2 Å². The van der Waals surface area contributed by atoms with Crippen molar-refractivity contribution in [1.29, 1.82) is 0 Å². The van der Waals surface area contributed by atoms with Crippen LogP contribution in [0.15, 0.2) is 29.2 Å². The van der Waals surface area contributed by atoms with Gasteiger partial charge in [0.1, 0.15) is 10.1 Å². The van der Waals surface area contributed by atoms with Crippen molar-refractivity contribution in [2.24, 2.45) is 7.05 Å². The number of aromatic nitrogens is 2. The Morgan fingerprint density at radius 1 is 1.38 bits per heavy atom. The lowest BCUT2D eigenvalue weighted by Gasteiger charge is -2.15. The lowest BCUT2D eigenvalue weighted by Crippen LogP contribution is -2.32. The molecule has 1 amide bonds. The molecule has 0 aliphatic carbocycles. The first-order valence-corrected chi connectivity index (χ1v) is 9.67. The summed E-state index contributed by atoms with van der Waals surface area (Å²) < 4.78 is 34.3. The van der Waals surface area contributed by atoms with Gasteiger partial charge in [0.25, 0.3) is 5.91 Å². The van der Waals surface area contributed by atoms with Crippen LogP contribution in [-0.2, 0) is 22.0 Å². The van der Waals surface area contributed by atoms with Crippen molar-refractivity contribution in [3.05, 3.63) is 35.0 Å². The number of rotatable bonds is 4. The van der Waals surface area contributed by atoms with Crippen molar-refractivity contribution in [3.8, 4) is 0 Å². The summed E-state index contributed by atoms with van der Waals surface area (Å²) in [6.45, 7) is -0.240. The number of carbonyl (C=O) groups excluding carboxylic acids is 1. The van der Waals surface area contributed by atoms with Crippen LogP contribution in [0.25, 0.3) is 17.1 Å².